The van der Waals surface area contributed by atoms with Crippen molar-refractivity contribution in [2.24, 2.45) is 0 Å². The maximum Gasteiger partial charge on any atom is 0.296 e. The van der Waals surface area contributed by atoms with Crippen LogP contribution in [0.1, 0.15) is 90.9 Å². The zero-order valence-corrected chi connectivity index (χ0v) is 13.8. The Labute approximate surface area is 129 Å². The molecular weight excluding hydrogens is 268 g/mol. The summed E-state index contributed by atoms with van der Waals surface area (Å²) in [6.45, 7) is 5.15. The van der Waals surface area contributed by atoms with Crippen LogP contribution in [0.25, 0.3) is 0 Å². The summed E-state index contributed by atoms with van der Waals surface area (Å²) in [6, 6.07) is 0. The topological polar surface area (TPSA) is 52.6 Å². The van der Waals surface area contributed by atoms with Crippen LogP contribution in [0.3, 0.4) is 0 Å². The monoisotopic (exact) mass is 300 g/mol. The molecule has 0 saturated carbocycles. The first kappa shape index (κ1) is 19.9. The van der Waals surface area contributed by atoms with Gasteiger partial charge in [-0.3, -0.25) is 9.59 Å². The van der Waals surface area contributed by atoms with Gasteiger partial charge in [-0.1, -0.05) is 65.2 Å². The van der Waals surface area contributed by atoms with E-state index in [-0.39, 0.29) is 0 Å². The van der Waals surface area contributed by atoms with E-state index in [1.807, 2.05) is 0 Å². The molecule has 0 saturated heterocycles. The Hall–Kier alpha value is -1.06. The maximum atomic E-state index is 10.7. The molecule has 4 heteroatoms. The van der Waals surface area contributed by atoms with Crippen LogP contribution in [-0.4, -0.2) is 18.7 Å². The van der Waals surface area contributed by atoms with Gasteiger partial charge >= 0.3 is 0 Å². The van der Waals surface area contributed by atoms with Crippen LogP contribution in [0.5, 0.6) is 0 Å². The fraction of sp³-hybridized carbons (Fsp3) is 0.882. The number of unbranched alkanes of at least 4 members (excludes halogenated alkanes) is 8. The van der Waals surface area contributed by atoms with Crippen LogP contribution >= 0.6 is 0 Å². The second-order valence-corrected chi connectivity index (χ2v) is 5.67. The highest BCUT2D eigenvalue weighted by molar-refractivity contribution is 5.41. The number of hydrogen-bond donors (Lipinski definition) is 0. The van der Waals surface area contributed by atoms with Gasteiger partial charge in [0.15, 0.2) is 0 Å². The molecule has 0 spiro atoms. The SMILES string of the molecule is CCCCCCCC(CCCCCCC)(OC=O)OC=O. The van der Waals surface area contributed by atoms with Crippen LogP contribution in [0, 0.1) is 0 Å². The van der Waals surface area contributed by atoms with Crippen molar-refractivity contribution < 1.29 is 19.1 Å². The molecule has 0 aliphatic carbocycles. The molecular formula is C17H32O4. The minimum Gasteiger partial charge on any atom is -0.425 e. The molecule has 0 bridgehead atoms. The minimum absolute atomic E-state index is 0.404. The van der Waals surface area contributed by atoms with E-state index in [0.717, 1.165) is 25.7 Å². The zero-order chi connectivity index (χ0) is 15.8. The molecule has 124 valence electrons. The summed E-state index contributed by atoms with van der Waals surface area (Å²) in [6.07, 6.45) is 12.3. The Bertz CT molecular complexity index is 227. The third kappa shape index (κ3) is 10.3. The molecule has 0 aromatic rings. The predicted molar refractivity (Wildman–Crippen MR) is 83.8 cm³/mol. The molecule has 0 rings (SSSR count). The molecule has 0 heterocycles. The van der Waals surface area contributed by atoms with Crippen molar-refractivity contribution in [3.8, 4) is 0 Å². The zero-order valence-electron chi connectivity index (χ0n) is 13.8. The summed E-state index contributed by atoms with van der Waals surface area (Å²) in [7, 11) is 0. The Morgan fingerprint density at radius 2 is 1.05 bits per heavy atom. The van der Waals surface area contributed by atoms with Crippen molar-refractivity contribution in [1.29, 1.82) is 0 Å². The fourth-order valence-electron chi connectivity index (χ4n) is 2.56. The first-order valence-electron chi connectivity index (χ1n) is 8.47. The fourth-order valence-corrected chi connectivity index (χ4v) is 2.56. The van der Waals surface area contributed by atoms with Crippen molar-refractivity contribution in [2.45, 2.75) is 96.7 Å². The molecule has 0 aromatic heterocycles. The largest absolute Gasteiger partial charge is 0.425 e. The average Bonchev–Trinajstić information content (AvgIpc) is 2.47. The van der Waals surface area contributed by atoms with Crippen molar-refractivity contribution in [2.75, 3.05) is 0 Å². The van der Waals surface area contributed by atoms with Gasteiger partial charge < -0.3 is 9.47 Å². The Morgan fingerprint density at radius 3 is 1.38 bits per heavy atom. The molecule has 0 N–H and O–H groups in total. The van der Waals surface area contributed by atoms with Crippen LogP contribution < -0.4 is 0 Å². The van der Waals surface area contributed by atoms with Gasteiger partial charge in [-0.25, -0.2) is 0 Å². The van der Waals surface area contributed by atoms with Gasteiger partial charge in [0, 0.05) is 12.8 Å². The van der Waals surface area contributed by atoms with E-state index in [9.17, 15) is 9.59 Å². The summed E-state index contributed by atoms with van der Waals surface area (Å²) < 4.78 is 10.3. The van der Waals surface area contributed by atoms with Crippen LogP contribution in [-0.2, 0) is 19.1 Å². The maximum absolute atomic E-state index is 10.7. The lowest BCUT2D eigenvalue weighted by Gasteiger charge is -2.29. The minimum atomic E-state index is -1.04. The van der Waals surface area contributed by atoms with Crippen molar-refractivity contribution >= 4 is 12.9 Å². The normalized spacial score (nSPS) is 11.1. The Kier molecular flexibility index (Phi) is 13.2. The first-order chi connectivity index (χ1) is 10.2. The summed E-state index contributed by atoms with van der Waals surface area (Å²) in [5.41, 5.74) is 0. The van der Waals surface area contributed by atoms with Crippen LogP contribution in [0.4, 0.5) is 0 Å². The third-order valence-corrected chi connectivity index (χ3v) is 3.85. The number of carbonyl (C=O) groups excluding carboxylic acids is 2. The van der Waals surface area contributed by atoms with Gasteiger partial charge in [-0.05, 0) is 12.8 Å². The second kappa shape index (κ2) is 13.9. The summed E-state index contributed by atoms with van der Waals surface area (Å²) >= 11 is 0. The molecule has 21 heavy (non-hydrogen) atoms. The molecule has 0 radical (unpaired) electrons. The van der Waals surface area contributed by atoms with Gasteiger partial charge in [-0.2, -0.15) is 0 Å². The third-order valence-electron chi connectivity index (χ3n) is 3.85. The van der Waals surface area contributed by atoms with Crippen LogP contribution in [0.2, 0.25) is 0 Å². The number of rotatable bonds is 16. The molecule has 0 fully saturated rings. The van der Waals surface area contributed by atoms with Crippen molar-refractivity contribution in [3.05, 3.63) is 0 Å². The predicted octanol–water partition coefficient (Wildman–Crippen LogP) is 4.75. The quantitative estimate of drug-likeness (QED) is 0.234. The van der Waals surface area contributed by atoms with Gasteiger partial charge in [0.2, 0.25) is 0 Å². The molecule has 0 unspecified atom stereocenters. The van der Waals surface area contributed by atoms with E-state index in [2.05, 4.69) is 13.8 Å². The summed E-state index contributed by atoms with van der Waals surface area (Å²) in [5.74, 6) is -1.04. The summed E-state index contributed by atoms with van der Waals surface area (Å²) in [5, 5.41) is 0. The molecule has 0 atom stereocenters. The van der Waals surface area contributed by atoms with Gasteiger partial charge in [0.05, 0.1) is 0 Å². The smallest absolute Gasteiger partial charge is 0.296 e. The Balaban J connectivity index is 4.23. The number of ether oxygens (including phenoxy) is 2. The average molecular weight is 300 g/mol. The van der Waals surface area contributed by atoms with Gasteiger partial charge in [-0.15, -0.1) is 0 Å². The first-order valence-corrected chi connectivity index (χ1v) is 8.47. The van der Waals surface area contributed by atoms with E-state index in [0.29, 0.717) is 25.8 Å². The molecule has 0 aliphatic heterocycles. The van der Waals surface area contributed by atoms with E-state index >= 15 is 0 Å². The van der Waals surface area contributed by atoms with E-state index in [1.54, 1.807) is 0 Å². The lowest BCUT2D eigenvalue weighted by atomic mass is 9.99. The highest BCUT2D eigenvalue weighted by Gasteiger charge is 2.32. The highest BCUT2D eigenvalue weighted by Crippen LogP contribution is 2.27. The Morgan fingerprint density at radius 1 is 0.667 bits per heavy atom. The molecule has 0 aliphatic rings. The molecule has 0 amide bonds. The highest BCUT2D eigenvalue weighted by atomic mass is 16.7. The number of carbonyl (C=O) groups is 2. The van der Waals surface area contributed by atoms with Crippen molar-refractivity contribution in [1.82, 2.24) is 0 Å². The van der Waals surface area contributed by atoms with Crippen LogP contribution in [0.15, 0.2) is 0 Å². The lowest BCUT2D eigenvalue weighted by Crippen LogP contribution is -2.35. The van der Waals surface area contributed by atoms with E-state index < -0.39 is 5.79 Å². The second-order valence-electron chi connectivity index (χ2n) is 5.67. The lowest BCUT2D eigenvalue weighted by molar-refractivity contribution is -0.217. The number of hydrogen-bond acceptors (Lipinski definition) is 4. The summed E-state index contributed by atoms with van der Waals surface area (Å²) in [4.78, 5) is 21.5. The van der Waals surface area contributed by atoms with E-state index in [1.165, 1.54) is 38.5 Å². The molecule has 0 aromatic carbocycles. The molecule has 4 nitrogen and oxygen atoms in total. The van der Waals surface area contributed by atoms with Gasteiger partial charge in [0.25, 0.3) is 18.7 Å². The standard InChI is InChI=1S/C17H32O4/c1-3-5-7-9-11-13-17(20-15-18,21-16-19)14-12-10-8-6-4-2/h15-16H,3-14H2,1-2H3. The van der Waals surface area contributed by atoms with Crippen molar-refractivity contribution in [3.63, 3.8) is 0 Å². The van der Waals surface area contributed by atoms with Gasteiger partial charge in [0.1, 0.15) is 0 Å². The van der Waals surface area contributed by atoms with E-state index in [4.69, 9.17) is 9.47 Å².